The van der Waals surface area contributed by atoms with Crippen LogP contribution in [0.2, 0.25) is 0 Å². The zero-order chi connectivity index (χ0) is 22.2. The molecule has 0 aromatic heterocycles. The number of benzene rings is 4. The topological polar surface area (TPSA) is 18.5 Å². The van der Waals surface area contributed by atoms with Gasteiger partial charge in [-0.15, -0.1) is 23.5 Å². The monoisotopic (exact) mass is 458 g/mol. The molecule has 0 bridgehead atoms. The molecule has 162 valence electrons. The first-order valence-corrected chi connectivity index (χ1v) is 12.4. The maximum atomic E-state index is 5.69. The highest BCUT2D eigenvalue weighted by molar-refractivity contribution is 7.98. The van der Waals surface area contributed by atoms with E-state index in [9.17, 15) is 0 Å². The van der Waals surface area contributed by atoms with E-state index < -0.39 is 0 Å². The Morgan fingerprint density at radius 2 is 1.03 bits per heavy atom. The predicted molar refractivity (Wildman–Crippen MR) is 137 cm³/mol. The quantitative estimate of drug-likeness (QED) is 0.237. The van der Waals surface area contributed by atoms with E-state index in [-0.39, 0.29) is 0 Å². The lowest BCUT2D eigenvalue weighted by molar-refractivity contribution is 0.414. The van der Waals surface area contributed by atoms with Crippen molar-refractivity contribution < 1.29 is 9.47 Å². The van der Waals surface area contributed by atoms with E-state index in [0.717, 1.165) is 23.0 Å². The molecular weight excluding hydrogens is 432 g/mol. The van der Waals surface area contributed by atoms with Crippen molar-refractivity contribution in [3.8, 4) is 22.6 Å². The van der Waals surface area contributed by atoms with Gasteiger partial charge in [0.15, 0.2) is 0 Å². The summed E-state index contributed by atoms with van der Waals surface area (Å²) in [5.41, 5.74) is 5.01. The molecule has 0 saturated carbocycles. The lowest BCUT2D eigenvalue weighted by atomic mass is 9.95. The van der Waals surface area contributed by atoms with E-state index in [2.05, 4.69) is 84.9 Å². The van der Waals surface area contributed by atoms with Crippen LogP contribution in [0.3, 0.4) is 0 Å². The van der Waals surface area contributed by atoms with Crippen LogP contribution < -0.4 is 9.47 Å². The molecule has 4 rings (SSSR count). The fourth-order valence-corrected chi connectivity index (χ4v) is 5.36. The Morgan fingerprint density at radius 3 is 1.47 bits per heavy atom. The van der Waals surface area contributed by atoms with Gasteiger partial charge in [-0.25, -0.2) is 0 Å². The third-order valence-electron chi connectivity index (χ3n) is 5.16. The van der Waals surface area contributed by atoms with Crippen molar-refractivity contribution in [2.24, 2.45) is 0 Å². The third-order valence-corrected chi connectivity index (χ3v) is 7.29. The Kier molecular flexibility index (Phi) is 7.81. The lowest BCUT2D eigenvalue weighted by Gasteiger charge is -2.18. The molecule has 0 radical (unpaired) electrons. The molecule has 0 unspecified atom stereocenters. The van der Waals surface area contributed by atoms with E-state index in [1.807, 2.05) is 35.7 Å². The molecule has 0 aliphatic heterocycles. The molecule has 0 N–H and O–H groups in total. The predicted octanol–water partition coefficient (Wildman–Crippen LogP) is 7.96. The maximum Gasteiger partial charge on any atom is 0.119 e. The summed E-state index contributed by atoms with van der Waals surface area (Å²) in [6.07, 6.45) is 0. The normalized spacial score (nSPS) is 10.7. The first-order valence-electron chi connectivity index (χ1n) is 10.5. The lowest BCUT2D eigenvalue weighted by Crippen LogP contribution is -1.97. The Hall–Kier alpha value is -2.82. The molecule has 0 atom stereocenters. The Bertz CT molecular complexity index is 1060. The van der Waals surface area contributed by atoms with Gasteiger partial charge in [-0.2, -0.15) is 0 Å². The highest BCUT2D eigenvalue weighted by Gasteiger charge is 2.15. The summed E-state index contributed by atoms with van der Waals surface area (Å²) in [4.78, 5) is 2.52. The number of thioether (sulfide) groups is 2. The number of hydrogen-bond acceptors (Lipinski definition) is 4. The van der Waals surface area contributed by atoms with Crippen molar-refractivity contribution in [3.63, 3.8) is 0 Å². The van der Waals surface area contributed by atoms with Crippen LogP contribution in [0.4, 0.5) is 0 Å². The number of hydrogen-bond donors (Lipinski definition) is 0. The van der Waals surface area contributed by atoms with Crippen LogP contribution in [0.15, 0.2) is 107 Å². The molecule has 0 amide bonds. The number of rotatable bonds is 9. The van der Waals surface area contributed by atoms with Crippen LogP contribution in [-0.2, 0) is 11.5 Å². The van der Waals surface area contributed by atoms with Crippen LogP contribution >= 0.6 is 23.5 Å². The molecule has 0 spiro atoms. The summed E-state index contributed by atoms with van der Waals surface area (Å²) in [6.45, 7) is 0. The number of ether oxygens (including phenoxy) is 2. The SMILES string of the molecule is COc1ccc(-c2c(CSc3ccccc3)cc(OC)cc2CSc2ccccc2)cc1. The van der Waals surface area contributed by atoms with E-state index >= 15 is 0 Å². The van der Waals surface area contributed by atoms with Gasteiger partial charge < -0.3 is 9.47 Å². The van der Waals surface area contributed by atoms with Crippen molar-refractivity contribution in [2.45, 2.75) is 21.3 Å². The molecule has 4 aromatic rings. The summed E-state index contributed by atoms with van der Waals surface area (Å²) in [5, 5.41) is 0. The van der Waals surface area contributed by atoms with Gasteiger partial charge in [0.05, 0.1) is 14.2 Å². The largest absolute Gasteiger partial charge is 0.497 e. The van der Waals surface area contributed by atoms with Gasteiger partial charge in [-0.05, 0) is 70.8 Å². The fourth-order valence-electron chi connectivity index (χ4n) is 3.57. The van der Waals surface area contributed by atoms with E-state index in [1.54, 1.807) is 14.2 Å². The maximum absolute atomic E-state index is 5.69. The van der Waals surface area contributed by atoms with Crippen molar-refractivity contribution >= 4 is 23.5 Å². The Balaban J connectivity index is 1.73. The highest BCUT2D eigenvalue weighted by Crippen LogP contribution is 2.38. The van der Waals surface area contributed by atoms with Gasteiger partial charge in [-0.1, -0.05) is 48.5 Å². The first-order chi connectivity index (χ1) is 15.8. The molecule has 2 nitrogen and oxygen atoms in total. The van der Waals surface area contributed by atoms with Gasteiger partial charge >= 0.3 is 0 Å². The van der Waals surface area contributed by atoms with Crippen molar-refractivity contribution in [2.75, 3.05) is 14.2 Å². The summed E-state index contributed by atoms with van der Waals surface area (Å²) in [6, 6.07) is 33.8. The van der Waals surface area contributed by atoms with E-state index in [4.69, 9.17) is 9.47 Å². The molecule has 4 heteroatoms. The molecule has 0 aliphatic rings. The molecule has 0 aliphatic carbocycles. The van der Waals surface area contributed by atoms with Crippen LogP contribution in [0.5, 0.6) is 11.5 Å². The first kappa shape index (κ1) is 22.4. The smallest absolute Gasteiger partial charge is 0.119 e. The minimum atomic E-state index is 0.864. The summed E-state index contributed by atoms with van der Waals surface area (Å²) < 4.78 is 11.1. The zero-order valence-corrected chi connectivity index (χ0v) is 19.9. The van der Waals surface area contributed by atoms with Gasteiger partial charge in [0.25, 0.3) is 0 Å². The minimum Gasteiger partial charge on any atom is -0.497 e. The summed E-state index contributed by atoms with van der Waals surface area (Å²) >= 11 is 3.69. The highest BCUT2D eigenvalue weighted by atomic mass is 32.2. The second kappa shape index (κ2) is 11.2. The van der Waals surface area contributed by atoms with Gasteiger partial charge in [-0.3, -0.25) is 0 Å². The molecular formula is C28H26O2S2. The molecule has 32 heavy (non-hydrogen) atoms. The molecule has 4 aromatic carbocycles. The van der Waals surface area contributed by atoms with Crippen molar-refractivity contribution in [1.82, 2.24) is 0 Å². The Labute approximate surface area is 199 Å². The van der Waals surface area contributed by atoms with Crippen LogP contribution in [0.1, 0.15) is 11.1 Å². The van der Waals surface area contributed by atoms with Gasteiger partial charge in [0, 0.05) is 21.3 Å². The van der Waals surface area contributed by atoms with Crippen LogP contribution in [0.25, 0.3) is 11.1 Å². The van der Waals surface area contributed by atoms with E-state index in [1.165, 1.54) is 32.0 Å². The minimum absolute atomic E-state index is 0.864. The number of methoxy groups -OCH3 is 2. The summed E-state index contributed by atoms with van der Waals surface area (Å²) in [5.74, 6) is 3.49. The van der Waals surface area contributed by atoms with E-state index in [0.29, 0.717) is 0 Å². The molecule has 0 fully saturated rings. The van der Waals surface area contributed by atoms with Crippen LogP contribution in [0, 0.1) is 0 Å². The second-order valence-electron chi connectivity index (χ2n) is 7.25. The van der Waals surface area contributed by atoms with Gasteiger partial charge in [0.2, 0.25) is 0 Å². The third kappa shape index (κ3) is 5.70. The fraction of sp³-hybridized carbons (Fsp3) is 0.143. The second-order valence-corrected chi connectivity index (χ2v) is 9.35. The average molecular weight is 459 g/mol. The van der Waals surface area contributed by atoms with Gasteiger partial charge in [0.1, 0.15) is 11.5 Å². The van der Waals surface area contributed by atoms with Crippen molar-refractivity contribution in [1.29, 1.82) is 0 Å². The Morgan fingerprint density at radius 1 is 0.562 bits per heavy atom. The van der Waals surface area contributed by atoms with Crippen molar-refractivity contribution in [3.05, 3.63) is 108 Å². The summed E-state index contributed by atoms with van der Waals surface area (Å²) in [7, 11) is 3.44. The standard InChI is InChI=1S/C28H26O2S2/c1-29-24-15-13-21(14-16-24)28-22(19-31-26-9-5-3-6-10-26)17-25(30-2)18-23(28)20-32-27-11-7-4-8-12-27/h3-18H,19-20H2,1-2H3. The molecule has 0 saturated heterocycles. The molecule has 0 heterocycles. The average Bonchev–Trinajstić information content (AvgIpc) is 2.87. The zero-order valence-electron chi connectivity index (χ0n) is 18.3. The van der Waals surface area contributed by atoms with Crippen LogP contribution in [-0.4, -0.2) is 14.2 Å².